The summed E-state index contributed by atoms with van der Waals surface area (Å²) in [6.07, 6.45) is -1.23. The molecular weight excluding hydrogens is 768 g/mol. The van der Waals surface area contributed by atoms with E-state index in [4.69, 9.17) is 26.7 Å². The zero-order valence-electron chi connectivity index (χ0n) is 34.1. The Hall–Kier alpha value is -6.24. The number of benzene rings is 2. The highest BCUT2D eigenvalue weighted by molar-refractivity contribution is 5.95. The fourth-order valence-electron chi connectivity index (χ4n) is 5.95. The molecule has 59 heavy (non-hydrogen) atoms. The molecule has 0 fully saturated rings. The van der Waals surface area contributed by atoms with Crippen molar-refractivity contribution in [2.24, 2.45) is 28.1 Å². The highest BCUT2D eigenvalue weighted by Gasteiger charge is 2.38. The molecule has 0 aliphatic carbocycles. The number of aliphatic carboxylic acids is 1. The van der Waals surface area contributed by atoms with Crippen LogP contribution in [0.15, 0.2) is 59.6 Å². The van der Waals surface area contributed by atoms with E-state index in [0.717, 1.165) is 18.7 Å². The molecule has 0 aliphatic rings. The maximum atomic E-state index is 14.6. The van der Waals surface area contributed by atoms with Gasteiger partial charge >= 0.3 is 17.9 Å². The first-order valence-corrected chi connectivity index (χ1v) is 19.1. The third kappa shape index (κ3) is 18.3. The number of phenols is 1. The maximum absolute atomic E-state index is 14.6. The van der Waals surface area contributed by atoms with Crippen molar-refractivity contribution in [2.45, 2.75) is 103 Å². The number of nitrogens with two attached hydrogens (primary N) is 3. The van der Waals surface area contributed by atoms with Crippen molar-refractivity contribution in [1.82, 2.24) is 20.9 Å². The second-order valence-corrected chi connectivity index (χ2v) is 14.5. The van der Waals surface area contributed by atoms with E-state index in [2.05, 4.69) is 20.9 Å². The first-order chi connectivity index (χ1) is 27.8. The van der Waals surface area contributed by atoms with E-state index in [1.165, 1.54) is 19.1 Å². The van der Waals surface area contributed by atoms with E-state index < -0.39 is 91.0 Å². The summed E-state index contributed by atoms with van der Waals surface area (Å²) >= 11 is 0. The molecule has 6 atom stereocenters. The van der Waals surface area contributed by atoms with E-state index in [-0.39, 0.29) is 56.3 Å². The fourth-order valence-corrected chi connectivity index (χ4v) is 5.95. The lowest BCUT2D eigenvalue weighted by molar-refractivity contribution is -0.163. The predicted molar refractivity (Wildman–Crippen MR) is 216 cm³/mol. The minimum atomic E-state index is -1.54. The standard InChI is InChI=1S/C40H58N8O11/c1-23(2)18-33(38(55)48(21-30(59-26(5)50)22-58-25(4)49)34(39(56)57)12-9-17-44-40(42)43)47-37(54)32(20-27-10-7-6-8-11-27)46-35(52)24(3)45-36(53)31(41)19-28-13-15-29(51)16-14-28/h6-8,10-11,13-16,23-24,30-34,51H,9,12,17-22,41H2,1-5H3,(H,45,53)(H,46,52)(H,47,54)(H,56,57)(H4,42,43,44)/t24-,30?,31-,32-,33-,34-/m0/s1. The van der Waals surface area contributed by atoms with Crippen molar-refractivity contribution in [1.29, 1.82) is 0 Å². The monoisotopic (exact) mass is 826 g/mol. The molecule has 2 rings (SSSR count). The Bertz CT molecular complexity index is 1750. The topological polar surface area (TPSA) is 308 Å². The van der Waals surface area contributed by atoms with Crippen molar-refractivity contribution >= 4 is 47.5 Å². The quantitative estimate of drug-likeness (QED) is 0.0296. The number of nitrogens with one attached hydrogen (secondary N) is 3. The molecule has 0 saturated heterocycles. The van der Waals surface area contributed by atoms with Gasteiger partial charge in [0, 0.05) is 26.8 Å². The number of aromatic hydroxyl groups is 1. The predicted octanol–water partition coefficient (Wildman–Crippen LogP) is -0.145. The van der Waals surface area contributed by atoms with Gasteiger partial charge in [0.25, 0.3) is 0 Å². The fraction of sp³-hybridized carbons (Fsp3) is 0.500. The Morgan fingerprint density at radius 2 is 1.41 bits per heavy atom. The molecule has 11 N–H and O–H groups in total. The molecule has 2 aromatic carbocycles. The molecule has 2 aromatic rings. The van der Waals surface area contributed by atoms with Gasteiger partial charge in [-0.3, -0.25) is 33.8 Å². The van der Waals surface area contributed by atoms with Crippen LogP contribution in [0.1, 0.15) is 65.0 Å². The molecule has 0 spiro atoms. The number of rotatable bonds is 24. The summed E-state index contributed by atoms with van der Waals surface area (Å²) in [5, 5.41) is 27.9. The van der Waals surface area contributed by atoms with Gasteiger partial charge < -0.3 is 57.7 Å². The molecule has 0 aromatic heterocycles. The summed E-state index contributed by atoms with van der Waals surface area (Å²) < 4.78 is 10.4. The third-order valence-corrected chi connectivity index (χ3v) is 8.80. The highest BCUT2D eigenvalue weighted by atomic mass is 16.6. The molecule has 19 heteroatoms. The lowest BCUT2D eigenvalue weighted by atomic mass is 9.99. The minimum Gasteiger partial charge on any atom is -0.508 e. The van der Waals surface area contributed by atoms with Gasteiger partial charge in [-0.05, 0) is 61.8 Å². The average molecular weight is 827 g/mol. The van der Waals surface area contributed by atoms with Crippen LogP contribution < -0.4 is 33.2 Å². The molecule has 4 amide bonds. The molecular formula is C40H58N8O11. The van der Waals surface area contributed by atoms with Gasteiger partial charge in [-0.15, -0.1) is 0 Å². The van der Waals surface area contributed by atoms with Gasteiger partial charge in [-0.1, -0.05) is 56.3 Å². The number of aliphatic imine (C=N–C) groups is 1. The number of phenolic OH excluding ortho intramolecular Hbond substituents is 1. The van der Waals surface area contributed by atoms with Crippen LogP contribution in [0.5, 0.6) is 5.75 Å². The average Bonchev–Trinajstić information content (AvgIpc) is 3.15. The number of carbonyl (C=O) groups is 7. The summed E-state index contributed by atoms with van der Waals surface area (Å²) in [5.41, 5.74) is 18.3. The van der Waals surface area contributed by atoms with Crippen LogP contribution >= 0.6 is 0 Å². The number of ether oxygens (including phenoxy) is 2. The highest BCUT2D eigenvalue weighted by Crippen LogP contribution is 2.18. The summed E-state index contributed by atoms with van der Waals surface area (Å²) in [5.74, 6) is -6.34. The summed E-state index contributed by atoms with van der Waals surface area (Å²) in [6, 6.07) is 8.45. The summed E-state index contributed by atoms with van der Waals surface area (Å²) in [4.78, 5) is 96.6. The lowest BCUT2D eigenvalue weighted by Crippen LogP contribution is -2.60. The number of esters is 2. The van der Waals surface area contributed by atoms with E-state index in [9.17, 15) is 43.8 Å². The Balaban J connectivity index is 2.45. The molecule has 0 aliphatic heterocycles. The number of carboxylic acids is 1. The second kappa shape index (κ2) is 24.5. The lowest BCUT2D eigenvalue weighted by Gasteiger charge is -2.35. The second-order valence-electron chi connectivity index (χ2n) is 14.5. The van der Waals surface area contributed by atoms with Crippen molar-refractivity contribution < 1.29 is 53.2 Å². The molecule has 0 saturated carbocycles. The number of carbonyl (C=O) groups excluding carboxylic acids is 6. The van der Waals surface area contributed by atoms with E-state index in [1.54, 1.807) is 56.3 Å². The van der Waals surface area contributed by atoms with Crippen LogP contribution in [0.2, 0.25) is 0 Å². The smallest absolute Gasteiger partial charge is 0.326 e. The first kappa shape index (κ1) is 48.9. The van der Waals surface area contributed by atoms with Gasteiger partial charge in [0.15, 0.2) is 12.1 Å². The van der Waals surface area contributed by atoms with E-state index >= 15 is 0 Å². The van der Waals surface area contributed by atoms with Crippen molar-refractivity contribution in [3.8, 4) is 5.75 Å². The van der Waals surface area contributed by atoms with Crippen LogP contribution in [0.4, 0.5) is 0 Å². The molecule has 324 valence electrons. The summed E-state index contributed by atoms with van der Waals surface area (Å²) in [6.45, 7) is 6.19. The SMILES string of the molecule is CC(=O)OCC(CN(C(=O)[C@H](CC(C)C)NC(=O)[C@H](Cc1ccccc1)NC(=O)[C@H](C)NC(=O)[C@@H](N)Cc1ccc(O)cc1)[C@@H](CCCN=C(N)N)C(=O)O)OC(C)=O. The number of guanidine groups is 1. The van der Waals surface area contributed by atoms with Crippen LogP contribution in [0, 0.1) is 5.92 Å². The van der Waals surface area contributed by atoms with Gasteiger partial charge in [0.2, 0.25) is 23.6 Å². The van der Waals surface area contributed by atoms with Crippen LogP contribution in [0.25, 0.3) is 0 Å². The molecule has 0 radical (unpaired) electrons. The molecule has 1 unspecified atom stereocenters. The van der Waals surface area contributed by atoms with Crippen LogP contribution in [-0.4, -0.2) is 119 Å². The van der Waals surface area contributed by atoms with Crippen LogP contribution in [-0.2, 0) is 55.9 Å². The Morgan fingerprint density at radius 1 is 0.797 bits per heavy atom. The third-order valence-electron chi connectivity index (χ3n) is 8.80. The van der Waals surface area contributed by atoms with Crippen molar-refractivity contribution in [2.75, 3.05) is 19.7 Å². The Kier molecular flexibility index (Phi) is 20.3. The number of nitrogens with zero attached hydrogens (tertiary/aromatic N) is 2. The zero-order valence-corrected chi connectivity index (χ0v) is 34.1. The first-order valence-electron chi connectivity index (χ1n) is 19.1. The van der Waals surface area contributed by atoms with Crippen LogP contribution in [0.3, 0.4) is 0 Å². The zero-order chi connectivity index (χ0) is 44.2. The number of amides is 4. The van der Waals surface area contributed by atoms with Gasteiger partial charge in [-0.2, -0.15) is 0 Å². The van der Waals surface area contributed by atoms with E-state index in [1.807, 2.05) is 0 Å². The summed E-state index contributed by atoms with van der Waals surface area (Å²) in [7, 11) is 0. The van der Waals surface area contributed by atoms with E-state index in [0.29, 0.717) is 11.1 Å². The number of hydrogen-bond acceptors (Lipinski definition) is 12. The van der Waals surface area contributed by atoms with Gasteiger partial charge in [0.05, 0.1) is 12.6 Å². The molecule has 0 bridgehead atoms. The number of hydrogen-bond donors (Lipinski definition) is 8. The Labute approximate surface area is 343 Å². The molecule has 19 nitrogen and oxygen atoms in total. The number of carboxylic acid groups (broad SMARTS) is 1. The normalized spacial score (nSPS) is 13.9. The van der Waals surface area contributed by atoms with Gasteiger partial charge in [-0.25, -0.2) is 4.79 Å². The minimum absolute atomic E-state index is 0.0149. The van der Waals surface area contributed by atoms with Gasteiger partial charge in [0.1, 0.15) is 36.5 Å². The molecule has 0 heterocycles. The van der Waals surface area contributed by atoms with Crippen molar-refractivity contribution in [3.05, 3.63) is 65.7 Å². The largest absolute Gasteiger partial charge is 0.508 e. The Morgan fingerprint density at radius 3 is 1.97 bits per heavy atom. The maximum Gasteiger partial charge on any atom is 0.326 e. The van der Waals surface area contributed by atoms with Crippen molar-refractivity contribution in [3.63, 3.8) is 0 Å².